The third kappa shape index (κ3) is 8.78. The average Bonchev–Trinajstić information content (AvgIpc) is 3.66. The number of hydrogen-bond acceptors (Lipinski definition) is 11. The molecule has 0 saturated carbocycles. The van der Waals surface area contributed by atoms with Gasteiger partial charge in [-0.2, -0.15) is 0 Å². The number of benzene rings is 2. The molecule has 13 heteroatoms. The number of rotatable bonds is 18. The van der Waals surface area contributed by atoms with E-state index in [1.807, 2.05) is 31.2 Å². The summed E-state index contributed by atoms with van der Waals surface area (Å²) in [5.74, 6) is 1.42. The van der Waals surface area contributed by atoms with E-state index in [-0.39, 0.29) is 44.2 Å². The molecule has 2 aromatic carbocycles. The molecule has 4 rings (SSSR count). The zero-order chi connectivity index (χ0) is 32.3. The van der Waals surface area contributed by atoms with Crippen LogP contribution in [-0.4, -0.2) is 69.8 Å². The van der Waals surface area contributed by atoms with Gasteiger partial charge >= 0.3 is 5.97 Å². The Morgan fingerprint density at radius 3 is 2.36 bits per heavy atom. The molecule has 0 N–H and O–H groups in total. The van der Waals surface area contributed by atoms with Crippen LogP contribution in [0.15, 0.2) is 24.3 Å². The largest absolute Gasteiger partial charge is 0.493 e. The molecule has 1 aliphatic heterocycles. The minimum atomic E-state index is -0.395. The number of methoxy groups -OCH3 is 2. The molecule has 1 aromatic heterocycles. The molecule has 0 atom stereocenters. The number of nitrogens with zero attached hydrogens (tertiary/aromatic N) is 1. The number of thiophene rings is 1. The summed E-state index contributed by atoms with van der Waals surface area (Å²) in [5, 5.41) is 1.27. The van der Waals surface area contributed by atoms with Crippen LogP contribution in [0.4, 0.5) is 0 Å². The van der Waals surface area contributed by atoms with Gasteiger partial charge in [0, 0.05) is 43.1 Å². The van der Waals surface area contributed by atoms with Crippen LogP contribution in [0.2, 0.25) is 5.02 Å². The first-order valence-electron chi connectivity index (χ1n) is 14.8. The van der Waals surface area contributed by atoms with Gasteiger partial charge in [-0.15, -0.1) is 11.3 Å². The number of carbonyl (C=O) groups is 3. The van der Waals surface area contributed by atoms with E-state index in [0.29, 0.717) is 72.2 Å². The van der Waals surface area contributed by atoms with Crippen LogP contribution < -0.4 is 18.9 Å². The van der Waals surface area contributed by atoms with E-state index < -0.39 is 5.97 Å². The molecule has 2 heterocycles. The monoisotopic (exact) mass is 663 g/mol. The zero-order valence-electron chi connectivity index (χ0n) is 25.9. The lowest BCUT2D eigenvalue weighted by atomic mass is 10.1. The number of Topliss-reactive ketones (excluding diaryl/α,β-unsaturated/α-hetero) is 1. The number of fused-ring (bicyclic) bond motifs is 2. The third-order valence-electron chi connectivity index (χ3n) is 7.00. The number of hydrogen-bond donors (Lipinski definition) is 0. The highest BCUT2D eigenvalue weighted by molar-refractivity contribution is 7.20. The van der Waals surface area contributed by atoms with Gasteiger partial charge in [0.2, 0.25) is 5.91 Å². The van der Waals surface area contributed by atoms with Crippen LogP contribution in [0, 0.1) is 0 Å². The molecular weight excluding hydrogens is 626 g/mol. The number of carbonyl (C=O) groups excluding carboxylic acids is 3. The molecule has 0 aliphatic carbocycles. The zero-order valence-corrected chi connectivity index (χ0v) is 27.5. The van der Waals surface area contributed by atoms with E-state index in [1.165, 1.54) is 18.4 Å². The lowest BCUT2D eigenvalue weighted by Gasteiger charge is -2.16. The Kier molecular flexibility index (Phi) is 12.7. The molecule has 0 fully saturated rings. The normalized spacial score (nSPS) is 12.2. The number of ether oxygens (including phenoxy) is 5. The second-order valence-corrected chi connectivity index (χ2v) is 11.5. The minimum absolute atomic E-state index is 0.0246. The van der Waals surface area contributed by atoms with Crippen LogP contribution in [0.1, 0.15) is 60.3 Å². The van der Waals surface area contributed by atoms with E-state index in [2.05, 4.69) is 0 Å². The molecule has 244 valence electrons. The van der Waals surface area contributed by atoms with Gasteiger partial charge in [0.1, 0.15) is 0 Å². The van der Waals surface area contributed by atoms with Crippen LogP contribution in [-0.2, 0) is 37.2 Å². The summed E-state index contributed by atoms with van der Waals surface area (Å²) in [4.78, 5) is 49.0. The highest BCUT2D eigenvalue weighted by Crippen LogP contribution is 2.43. The maximum Gasteiger partial charge on any atom is 0.306 e. The highest BCUT2D eigenvalue weighted by Gasteiger charge is 2.29. The van der Waals surface area contributed by atoms with E-state index in [0.717, 1.165) is 21.2 Å². The van der Waals surface area contributed by atoms with E-state index in [4.69, 9.17) is 45.1 Å². The Balaban J connectivity index is 1.32. The summed E-state index contributed by atoms with van der Waals surface area (Å²) in [6.45, 7) is 5.75. The fourth-order valence-electron chi connectivity index (χ4n) is 4.80. The fourth-order valence-corrected chi connectivity index (χ4v) is 6.17. The number of halogens is 1. The second kappa shape index (κ2) is 16.6. The van der Waals surface area contributed by atoms with Gasteiger partial charge in [-0.1, -0.05) is 11.6 Å². The molecule has 0 radical (unpaired) electrons. The van der Waals surface area contributed by atoms with Crippen molar-refractivity contribution in [2.75, 3.05) is 47.3 Å². The predicted octanol–water partition coefficient (Wildman–Crippen LogP) is 6.15. The molecule has 0 unspecified atom stereocenters. The van der Waals surface area contributed by atoms with Crippen LogP contribution in [0.25, 0.3) is 10.1 Å². The van der Waals surface area contributed by atoms with E-state index in [1.54, 1.807) is 18.9 Å². The molecule has 0 bridgehead atoms. The summed E-state index contributed by atoms with van der Waals surface area (Å²) in [6.07, 6.45) is 0.855. The van der Waals surface area contributed by atoms with E-state index >= 15 is 0 Å². The van der Waals surface area contributed by atoms with Crippen molar-refractivity contribution in [3.8, 4) is 23.0 Å². The molecule has 1 amide bonds. The standard InChI is InChI=1S/C32H38ClNO10S/c1-5-40-30(37)9-8-29(36)34-18-21-15-26(39-4)32(31(33)22(21)19-34)42-12-7-11-41-25-14-20-16-28(23(35)10-13-44-43-6-2)45-27(20)17-24(25)38-3/h14-17H,5-13,18-19H2,1-4H3. The molecule has 11 nitrogen and oxygen atoms in total. The topological polar surface area (TPSA) is 119 Å². The summed E-state index contributed by atoms with van der Waals surface area (Å²) in [5.41, 5.74) is 1.67. The van der Waals surface area contributed by atoms with Crippen LogP contribution in [0.5, 0.6) is 23.0 Å². The second-order valence-electron chi connectivity index (χ2n) is 10.0. The highest BCUT2D eigenvalue weighted by atomic mass is 35.5. The van der Waals surface area contributed by atoms with Crippen LogP contribution >= 0.6 is 22.9 Å². The molecule has 0 saturated heterocycles. The van der Waals surface area contributed by atoms with Gasteiger partial charge in [-0.25, -0.2) is 9.78 Å². The molecule has 0 spiro atoms. The Bertz CT molecular complexity index is 1510. The Labute approximate surface area is 271 Å². The number of esters is 1. The lowest BCUT2D eigenvalue weighted by molar-refractivity contribution is -0.289. The Hall–Kier alpha value is -3.58. The van der Waals surface area contributed by atoms with Crippen molar-refractivity contribution >= 4 is 50.7 Å². The van der Waals surface area contributed by atoms with Gasteiger partial charge in [0.05, 0.1) is 63.6 Å². The van der Waals surface area contributed by atoms with Crippen molar-refractivity contribution in [3.05, 3.63) is 45.3 Å². The third-order valence-corrected chi connectivity index (χ3v) is 8.53. The first-order chi connectivity index (χ1) is 21.8. The predicted molar refractivity (Wildman–Crippen MR) is 169 cm³/mol. The van der Waals surface area contributed by atoms with Crippen LogP contribution in [0.3, 0.4) is 0 Å². The van der Waals surface area contributed by atoms with E-state index in [9.17, 15) is 14.4 Å². The van der Waals surface area contributed by atoms with Crippen molar-refractivity contribution in [1.29, 1.82) is 0 Å². The first kappa shape index (κ1) is 34.3. The summed E-state index contributed by atoms with van der Waals surface area (Å²) >= 11 is 8.14. The maximum atomic E-state index is 12.7. The fraction of sp³-hybridized carbons (Fsp3) is 0.469. The smallest absolute Gasteiger partial charge is 0.306 e. The lowest BCUT2D eigenvalue weighted by Crippen LogP contribution is -2.25. The summed E-state index contributed by atoms with van der Waals surface area (Å²) < 4.78 is 29.0. The van der Waals surface area contributed by atoms with Gasteiger partial charge in [0.25, 0.3) is 0 Å². The Morgan fingerprint density at radius 1 is 0.844 bits per heavy atom. The van der Waals surface area contributed by atoms with Gasteiger partial charge < -0.3 is 28.6 Å². The first-order valence-corrected chi connectivity index (χ1v) is 15.9. The van der Waals surface area contributed by atoms with Crippen molar-refractivity contribution in [3.63, 3.8) is 0 Å². The van der Waals surface area contributed by atoms with Crippen molar-refractivity contribution in [2.45, 2.75) is 52.6 Å². The average molecular weight is 664 g/mol. The quantitative estimate of drug-likeness (QED) is 0.0516. The number of ketones is 1. The maximum absolute atomic E-state index is 12.7. The van der Waals surface area contributed by atoms with Gasteiger partial charge in [0.15, 0.2) is 28.8 Å². The Morgan fingerprint density at radius 2 is 1.62 bits per heavy atom. The van der Waals surface area contributed by atoms with Crippen molar-refractivity contribution in [1.82, 2.24) is 4.90 Å². The molecule has 3 aromatic rings. The van der Waals surface area contributed by atoms with Gasteiger partial charge in [-0.3, -0.25) is 14.4 Å². The molecule has 45 heavy (non-hydrogen) atoms. The summed E-state index contributed by atoms with van der Waals surface area (Å²) in [6, 6.07) is 7.39. The van der Waals surface area contributed by atoms with Crippen molar-refractivity contribution < 1.29 is 47.8 Å². The minimum Gasteiger partial charge on any atom is -0.493 e. The summed E-state index contributed by atoms with van der Waals surface area (Å²) in [7, 11) is 3.10. The molecule has 1 aliphatic rings. The van der Waals surface area contributed by atoms with Gasteiger partial charge in [-0.05, 0) is 48.6 Å². The SMILES string of the molecule is CCOOCCC(=O)c1cc2cc(OCCCOc3c(OC)cc4c(c3Cl)CN(C(=O)CCC(=O)OCC)C4)c(OC)cc2s1. The molecular formula is C32H38ClNO10S. The van der Waals surface area contributed by atoms with Crippen molar-refractivity contribution in [2.24, 2.45) is 0 Å². The number of amides is 1.